The number of benzene rings is 1. The Labute approximate surface area is 167 Å². The van der Waals surface area contributed by atoms with Gasteiger partial charge in [0.2, 0.25) is 5.91 Å². The molecular weight excluding hydrogens is 388 g/mol. The molecule has 0 aliphatic carbocycles. The predicted octanol–water partition coefficient (Wildman–Crippen LogP) is -1.67. The number of ether oxygens (including phenoxy) is 1. The van der Waals surface area contributed by atoms with Crippen LogP contribution in [0.1, 0.15) is 19.4 Å². The highest BCUT2D eigenvalue weighted by Crippen LogP contribution is 2.12. The molecule has 3 unspecified atom stereocenters. The Morgan fingerprint density at radius 2 is 1.48 bits per heavy atom. The Balaban J connectivity index is 0.000000665. The fourth-order valence-corrected chi connectivity index (χ4v) is 1.80. The standard InChI is InChI=1S/C14H22N2O3.C4H6O6/c1-10(2)16-8-12(17)9-19-13-5-3-11(4-6-13)7-14(15)18;5-1(3(7)8)2(6)4(9)10/h3-6,10,12,16-17H,7-9H2,1-2H3,(H2,15,18);1-2,5-6H,(H,7,8)(H,9,10). The van der Waals surface area contributed by atoms with E-state index in [1.807, 2.05) is 13.8 Å². The van der Waals surface area contributed by atoms with E-state index in [4.69, 9.17) is 30.9 Å². The van der Waals surface area contributed by atoms with Crippen molar-refractivity contribution in [3.05, 3.63) is 29.8 Å². The summed E-state index contributed by atoms with van der Waals surface area (Å²) in [6.07, 6.45) is -4.86. The minimum Gasteiger partial charge on any atom is -0.491 e. The molecule has 0 aliphatic heterocycles. The lowest BCUT2D eigenvalue weighted by molar-refractivity contribution is -0.165. The number of nitrogens with two attached hydrogens (primary N) is 1. The first kappa shape index (κ1) is 26.3. The van der Waals surface area contributed by atoms with E-state index < -0.39 is 30.3 Å². The second-order valence-corrected chi connectivity index (χ2v) is 6.38. The van der Waals surface area contributed by atoms with Crippen LogP contribution in [-0.2, 0) is 20.8 Å². The average Bonchev–Trinajstić information content (AvgIpc) is 2.64. The number of rotatable bonds is 11. The molecule has 0 heterocycles. The zero-order valence-corrected chi connectivity index (χ0v) is 16.2. The quantitative estimate of drug-likeness (QED) is 0.219. The smallest absolute Gasteiger partial charge is 0.335 e. The van der Waals surface area contributed by atoms with E-state index in [-0.39, 0.29) is 18.9 Å². The van der Waals surface area contributed by atoms with Gasteiger partial charge in [-0.25, -0.2) is 9.59 Å². The minimum absolute atomic E-state index is 0.223. The second-order valence-electron chi connectivity index (χ2n) is 6.38. The SMILES string of the molecule is CC(C)NCC(O)COc1ccc(CC(N)=O)cc1.O=C(O)C(O)C(O)C(=O)O. The lowest BCUT2D eigenvalue weighted by Gasteiger charge is -2.15. The molecule has 0 aliphatic rings. The molecule has 11 heteroatoms. The zero-order valence-electron chi connectivity index (χ0n) is 16.2. The molecule has 0 bridgehead atoms. The van der Waals surface area contributed by atoms with Gasteiger partial charge in [-0.3, -0.25) is 4.79 Å². The first-order valence-electron chi connectivity index (χ1n) is 8.67. The molecule has 0 saturated heterocycles. The molecule has 0 radical (unpaired) electrons. The number of carbonyl (C=O) groups is 3. The molecule has 11 nitrogen and oxygen atoms in total. The van der Waals surface area contributed by atoms with Gasteiger partial charge in [0.25, 0.3) is 0 Å². The summed E-state index contributed by atoms with van der Waals surface area (Å²) in [7, 11) is 0. The number of aliphatic hydroxyl groups excluding tert-OH is 3. The lowest BCUT2D eigenvalue weighted by atomic mass is 10.1. The van der Waals surface area contributed by atoms with E-state index in [2.05, 4.69) is 5.32 Å². The normalized spacial score (nSPS) is 13.6. The molecule has 0 fully saturated rings. The van der Waals surface area contributed by atoms with Crippen LogP contribution in [0.2, 0.25) is 0 Å². The van der Waals surface area contributed by atoms with Crippen LogP contribution in [0.15, 0.2) is 24.3 Å². The van der Waals surface area contributed by atoms with Crippen LogP contribution >= 0.6 is 0 Å². The molecule has 29 heavy (non-hydrogen) atoms. The van der Waals surface area contributed by atoms with Crippen molar-refractivity contribution in [3.63, 3.8) is 0 Å². The van der Waals surface area contributed by atoms with E-state index in [0.717, 1.165) is 5.56 Å². The molecule has 0 spiro atoms. The fraction of sp³-hybridized carbons (Fsp3) is 0.500. The average molecular weight is 416 g/mol. The van der Waals surface area contributed by atoms with Crippen molar-refractivity contribution in [2.75, 3.05) is 13.2 Å². The number of aliphatic hydroxyl groups is 3. The number of hydrogen-bond donors (Lipinski definition) is 7. The second kappa shape index (κ2) is 13.4. The van der Waals surface area contributed by atoms with Gasteiger partial charge in [-0.15, -0.1) is 0 Å². The zero-order chi connectivity index (χ0) is 22.6. The first-order valence-corrected chi connectivity index (χ1v) is 8.67. The molecular formula is C18H28N2O9. The Bertz CT molecular complexity index is 631. The van der Waals surface area contributed by atoms with Crippen molar-refractivity contribution in [1.29, 1.82) is 0 Å². The molecule has 8 N–H and O–H groups in total. The number of carboxylic acids is 2. The highest BCUT2D eigenvalue weighted by molar-refractivity contribution is 5.83. The summed E-state index contributed by atoms with van der Waals surface area (Å²) in [4.78, 5) is 30.3. The Morgan fingerprint density at radius 1 is 1.00 bits per heavy atom. The van der Waals surface area contributed by atoms with Gasteiger partial charge in [-0.1, -0.05) is 26.0 Å². The van der Waals surface area contributed by atoms with Crippen LogP contribution in [-0.4, -0.2) is 80.9 Å². The number of primary amides is 1. The lowest BCUT2D eigenvalue weighted by Crippen LogP contribution is -2.39. The van der Waals surface area contributed by atoms with Crippen LogP contribution < -0.4 is 15.8 Å². The Morgan fingerprint density at radius 3 is 1.86 bits per heavy atom. The van der Waals surface area contributed by atoms with Gasteiger partial charge in [0.15, 0.2) is 12.2 Å². The Hall–Kier alpha value is -2.73. The van der Waals surface area contributed by atoms with Gasteiger partial charge >= 0.3 is 11.9 Å². The predicted molar refractivity (Wildman–Crippen MR) is 101 cm³/mol. The summed E-state index contributed by atoms with van der Waals surface area (Å²) in [6, 6.07) is 7.45. The van der Waals surface area contributed by atoms with Gasteiger partial charge in [0.1, 0.15) is 18.5 Å². The molecule has 1 rings (SSSR count). The van der Waals surface area contributed by atoms with Crippen LogP contribution in [0.4, 0.5) is 0 Å². The maximum atomic E-state index is 10.7. The summed E-state index contributed by atoms with van der Waals surface area (Å²) in [5, 5.41) is 45.3. The van der Waals surface area contributed by atoms with Crippen LogP contribution in [0.3, 0.4) is 0 Å². The minimum atomic E-state index is -2.27. The maximum Gasteiger partial charge on any atom is 0.335 e. The van der Waals surface area contributed by atoms with E-state index in [1.165, 1.54) is 0 Å². The topological polar surface area (TPSA) is 200 Å². The van der Waals surface area contributed by atoms with Gasteiger partial charge < -0.3 is 41.3 Å². The van der Waals surface area contributed by atoms with Crippen molar-refractivity contribution < 1.29 is 44.7 Å². The van der Waals surface area contributed by atoms with Crippen molar-refractivity contribution in [1.82, 2.24) is 5.32 Å². The van der Waals surface area contributed by atoms with Gasteiger partial charge in [0.05, 0.1) is 6.42 Å². The maximum absolute atomic E-state index is 10.7. The van der Waals surface area contributed by atoms with Gasteiger partial charge in [0, 0.05) is 12.6 Å². The Kier molecular flexibility index (Phi) is 12.2. The summed E-state index contributed by atoms with van der Waals surface area (Å²) in [5.74, 6) is -3.23. The largest absolute Gasteiger partial charge is 0.491 e. The number of nitrogens with one attached hydrogen (secondary N) is 1. The van der Waals surface area contributed by atoms with E-state index in [9.17, 15) is 19.5 Å². The monoisotopic (exact) mass is 416 g/mol. The van der Waals surface area contributed by atoms with Crippen molar-refractivity contribution in [2.24, 2.45) is 5.73 Å². The third kappa shape index (κ3) is 12.4. The number of amides is 1. The van der Waals surface area contributed by atoms with Crippen LogP contribution in [0.5, 0.6) is 5.75 Å². The molecule has 164 valence electrons. The van der Waals surface area contributed by atoms with Gasteiger partial charge in [-0.2, -0.15) is 0 Å². The molecule has 3 atom stereocenters. The van der Waals surface area contributed by atoms with E-state index in [1.54, 1.807) is 24.3 Å². The first-order chi connectivity index (χ1) is 13.4. The third-order valence-corrected chi connectivity index (χ3v) is 3.31. The molecule has 1 aromatic rings. The summed E-state index contributed by atoms with van der Waals surface area (Å²) >= 11 is 0. The molecule has 1 aromatic carbocycles. The summed E-state index contributed by atoms with van der Waals surface area (Å²) < 4.78 is 5.45. The third-order valence-electron chi connectivity index (χ3n) is 3.31. The highest BCUT2D eigenvalue weighted by Gasteiger charge is 2.29. The fourth-order valence-electron chi connectivity index (χ4n) is 1.80. The van der Waals surface area contributed by atoms with Crippen molar-refractivity contribution in [2.45, 2.75) is 44.6 Å². The van der Waals surface area contributed by atoms with Crippen LogP contribution in [0.25, 0.3) is 0 Å². The van der Waals surface area contributed by atoms with E-state index in [0.29, 0.717) is 18.3 Å². The van der Waals surface area contributed by atoms with Crippen LogP contribution in [0, 0.1) is 0 Å². The summed E-state index contributed by atoms with van der Waals surface area (Å²) in [5.41, 5.74) is 5.96. The molecule has 0 saturated carbocycles. The van der Waals surface area contributed by atoms with Gasteiger partial charge in [-0.05, 0) is 17.7 Å². The van der Waals surface area contributed by atoms with Crippen molar-refractivity contribution in [3.8, 4) is 5.75 Å². The highest BCUT2D eigenvalue weighted by atomic mass is 16.5. The number of carbonyl (C=O) groups excluding carboxylic acids is 1. The number of hydrogen-bond acceptors (Lipinski definition) is 8. The molecule has 1 amide bonds. The van der Waals surface area contributed by atoms with Crippen molar-refractivity contribution >= 4 is 17.8 Å². The number of carboxylic acid groups (broad SMARTS) is 2. The summed E-state index contributed by atoms with van der Waals surface area (Å²) in [6.45, 7) is 4.77. The molecule has 0 aromatic heterocycles. The number of aliphatic carboxylic acids is 2. The van der Waals surface area contributed by atoms with E-state index >= 15 is 0 Å².